The predicted molar refractivity (Wildman–Crippen MR) is 93.3 cm³/mol. The van der Waals surface area contributed by atoms with Crippen LogP contribution in [0.4, 0.5) is 0 Å². The topological polar surface area (TPSA) is 52.6 Å². The van der Waals surface area contributed by atoms with Gasteiger partial charge in [0.15, 0.2) is 11.5 Å². The first kappa shape index (κ1) is 17.6. The summed E-state index contributed by atoms with van der Waals surface area (Å²) in [6, 6.07) is 9.61. The van der Waals surface area contributed by atoms with Gasteiger partial charge in [0.25, 0.3) is 0 Å². The fraction of sp³-hybridized carbons (Fsp3) is 0.353. The van der Waals surface area contributed by atoms with Crippen molar-refractivity contribution in [3.8, 4) is 17.4 Å². The normalized spacial score (nSPS) is 10.4. The van der Waals surface area contributed by atoms with Crippen LogP contribution in [0.5, 0.6) is 17.4 Å². The summed E-state index contributed by atoms with van der Waals surface area (Å²) in [5, 5.41) is 3.33. The second kappa shape index (κ2) is 9.37. The van der Waals surface area contributed by atoms with E-state index < -0.39 is 0 Å². The maximum absolute atomic E-state index is 5.59. The van der Waals surface area contributed by atoms with Gasteiger partial charge in [0.1, 0.15) is 6.61 Å². The molecule has 1 heterocycles. The summed E-state index contributed by atoms with van der Waals surface area (Å²) in [6.07, 6.45) is 1.71. The van der Waals surface area contributed by atoms with E-state index in [1.165, 1.54) is 0 Å². The third-order valence-electron chi connectivity index (χ3n) is 3.07. The Morgan fingerprint density at radius 1 is 1.22 bits per heavy atom. The number of ether oxygens (including phenoxy) is 3. The number of benzene rings is 1. The molecule has 0 saturated carbocycles. The Bertz CT molecular complexity index is 608. The highest BCUT2D eigenvalue weighted by Crippen LogP contribution is 2.36. The number of halogens is 1. The van der Waals surface area contributed by atoms with Crippen LogP contribution in [0.15, 0.2) is 41.0 Å². The molecule has 0 saturated heterocycles. The molecular weight excluding hydrogens is 360 g/mol. The van der Waals surface area contributed by atoms with E-state index in [4.69, 9.17) is 14.2 Å². The Hall–Kier alpha value is -1.79. The van der Waals surface area contributed by atoms with Crippen molar-refractivity contribution in [3.63, 3.8) is 0 Å². The molecule has 5 nitrogen and oxygen atoms in total. The van der Waals surface area contributed by atoms with E-state index in [9.17, 15) is 0 Å². The molecule has 0 fully saturated rings. The Kier molecular flexibility index (Phi) is 7.16. The van der Waals surface area contributed by atoms with Crippen LogP contribution in [0.25, 0.3) is 0 Å². The number of methoxy groups -OCH3 is 1. The third-order valence-corrected chi connectivity index (χ3v) is 3.66. The van der Waals surface area contributed by atoms with Crippen LogP contribution in [0.3, 0.4) is 0 Å². The number of nitrogens with zero attached hydrogens (tertiary/aromatic N) is 1. The van der Waals surface area contributed by atoms with Gasteiger partial charge in [-0.3, -0.25) is 0 Å². The van der Waals surface area contributed by atoms with Crippen molar-refractivity contribution in [2.24, 2.45) is 0 Å². The van der Waals surface area contributed by atoms with Crippen molar-refractivity contribution >= 4 is 15.9 Å². The van der Waals surface area contributed by atoms with Gasteiger partial charge in [-0.25, -0.2) is 4.98 Å². The second-order valence-electron chi connectivity index (χ2n) is 4.74. The summed E-state index contributed by atoms with van der Waals surface area (Å²) >= 11 is 3.53. The van der Waals surface area contributed by atoms with Gasteiger partial charge >= 0.3 is 0 Å². The number of rotatable bonds is 9. The molecule has 6 heteroatoms. The molecule has 1 N–H and O–H groups in total. The molecule has 1 aromatic heterocycles. The molecule has 0 radical (unpaired) electrons. The molecule has 0 aliphatic rings. The number of aromatic nitrogens is 1. The quantitative estimate of drug-likeness (QED) is 0.675. The zero-order chi connectivity index (χ0) is 16.5. The monoisotopic (exact) mass is 380 g/mol. The van der Waals surface area contributed by atoms with E-state index in [0.29, 0.717) is 25.6 Å². The highest BCUT2D eigenvalue weighted by atomic mass is 79.9. The molecule has 23 heavy (non-hydrogen) atoms. The summed E-state index contributed by atoms with van der Waals surface area (Å²) in [5.74, 6) is 2.10. The molecule has 0 bridgehead atoms. The van der Waals surface area contributed by atoms with Gasteiger partial charge in [0.2, 0.25) is 5.88 Å². The Labute approximate surface area is 145 Å². The average Bonchev–Trinajstić information content (AvgIpc) is 2.57. The zero-order valence-electron chi connectivity index (χ0n) is 13.3. The molecule has 0 unspecified atom stereocenters. The van der Waals surface area contributed by atoms with E-state index in [2.05, 4.69) is 26.2 Å². The molecule has 2 rings (SSSR count). The molecule has 0 aliphatic heterocycles. The highest BCUT2D eigenvalue weighted by Gasteiger charge is 2.11. The van der Waals surface area contributed by atoms with E-state index in [-0.39, 0.29) is 0 Å². The van der Waals surface area contributed by atoms with Crippen LogP contribution >= 0.6 is 15.9 Å². The minimum atomic E-state index is 0.562. The summed E-state index contributed by atoms with van der Waals surface area (Å²) in [7, 11) is 1.64. The lowest BCUT2D eigenvalue weighted by Gasteiger charge is -2.14. The van der Waals surface area contributed by atoms with Crippen LogP contribution in [0.2, 0.25) is 0 Å². The van der Waals surface area contributed by atoms with Crippen molar-refractivity contribution in [1.29, 1.82) is 0 Å². The maximum Gasteiger partial charge on any atom is 0.213 e. The first-order valence-electron chi connectivity index (χ1n) is 7.48. The molecule has 124 valence electrons. The van der Waals surface area contributed by atoms with Gasteiger partial charge in [-0.15, -0.1) is 0 Å². The second-order valence-corrected chi connectivity index (χ2v) is 5.59. The summed E-state index contributed by atoms with van der Waals surface area (Å²) in [4.78, 5) is 4.11. The lowest BCUT2D eigenvalue weighted by Crippen LogP contribution is -2.20. The minimum Gasteiger partial charge on any atom is -0.493 e. The van der Waals surface area contributed by atoms with Crippen molar-refractivity contribution in [3.05, 3.63) is 46.6 Å². The van der Waals surface area contributed by atoms with Crippen LogP contribution in [0, 0.1) is 0 Å². The Balaban J connectivity index is 1.82. The SMILES string of the molecule is CCOc1c(Br)cc(CNCCOc2ccccn2)cc1OC. The summed E-state index contributed by atoms with van der Waals surface area (Å²) in [6.45, 7) is 4.55. The number of hydrogen-bond acceptors (Lipinski definition) is 5. The van der Waals surface area contributed by atoms with Crippen molar-refractivity contribution in [1.82, 2.24) is 10.3 Å². The number of hydrogen-bond donors (Lipinski definition) is 1. The fourth-order valence-electron chi connectivity index (χ4n) is 2.05. The standard InChI is InChI=1S/C17H21BrN2O3/c1-3-22-17-14(18)10-13(11-15(17)21-2)12-19-8-9-23-16-6-4-5-7-20-16/h4-7,10-11,19H,3,8-9,12H2,1-2H3. The van der Waals surface area contributed by atoms with E-state index in [1.807, 2.05) is 37.3 Å². The predicted octanol–water partition coefficient (Wildman–Crippen LogP) is 3.42. The summed E-state index contributed by atoms with van der Waals surface area (Å²) in [5.41, 5.74) is 1.11. The van der Waals surface area contributed by atoms with Gasteiger partial charge < -0.3 is 19.5 Å². The molecule has 0 atom stereocenters. The van der Waals surface area contributed by atoms with E-state index in [1.54, 1.807) is 13.3 Å². The number of pyridine rings is 1. The average molecular weight is 381 g/mol. The van der Waals surface area contributed by atoms with E-state index in [0.717, 1.165) is 28.1 Å². The maximum atomic E-state index is 5.59. The van der Waals surface area contributed by atoms with Crippen molar-refractivity contribution in [2.75, 3.05) is 26.9 Å². The van der Waals surface area contributed by atoms with Crippen LogP contribution in [0.1, 0.15) is 12.5 Å². The van der Waals surface area contributed by atoms with Crippen molar-refractivity contribution < 1.29 is 14.2 Å². The van der Waals surface area contributed by atoms with Gasteiger partial charge in [0, 0.05) is 25.4 Å². The first-order chi connectivity index (χ1) is 11.2. The van der Waals surface area contributed by atoms with Gasteiger partial charge in [0.05, 0.1) is 18.2 Å². The molecule has 0 aliphatic carbocycles. The molecule has 0 amide bonds. The van der Waals surface area contributed by atoms with Crippen LogP contribution in [-0.2, 0) is 6.54 Å². The lowest BCUT2D eigenvalue weighted by atomic mass is 10.2. The smallest absolute Gasteiger partial charge is 0.213 e. The molecule has 2 aromatic rings. The van der Waals surface area contributed by atoms with Crippen LogP contribution in [-0.4, -0.2) is 31.9 Å². The summed E-state index contributed by atoms with van der Waals surface area (Å²) < 4.78 is 17.4. The first-order valence-corrected chi connectivity index (χ1v) is 8.27. The Morgan fingerprint density at radius 2 is 2.09 bits per heavy atom. The molecular formula is C17H21BrN2O3. The zero-order valence-corrected chi connectivity index (χ0v) is 14.9. The largest absolute Gasteiger partial charge is 0.493 e. The minimum absolute atomic E-state index is 0.562. The Morgan fingerprint density at radius 3 is 2.78 bits per heavy atom. The van der Waals surface area contributed by atoms with Gasteiger partial charge in [-0.2, -0.15) is 0 Å². The van der Waals surface area contributed by atoms with Gasteiger partial charge in [-0.1, -0.05) is 6.07 Å². The fourth-order valence-corrected chi connectivity index (χ4v) is 2.66. The molecule has 0 spiro atoms. The molecule has 1 aromatic carbocycles. The lowest BCUT2D eigenvalue weighted by molar-refractivity contribution is 0.301. The van der Waals surface area contributed by atoms with E-state index >= 15 is 0 Å². The number of nitrogens with one attached hydrogen (secondary N) is 1. The van der Waals surface area contributed by atoms with Gasteiger partial charge in [-0.05, 0) is 46.6 Å². The van der Waals surface area contributed by atoms with Crippen molar-refractivity contribution in [2.45, 2.75) is 13.5 Å². The van der Waals surface area contributed by atoms with Crippen LogP contribution < -0.4 is 19.5 Å². The highest BCUT2D eigenvalue weighted by molar-refractivity contribution is 9.10. The third kappa shape index (κ3) is 5.41.